The Morgan fingerprint density at radius 3 is 2.91 bits per heavy atom. The van der Waals surface area contributed by atoms with E-state index in [0.29, 0.717) is 17.8 Å². The number of aromatic nitrogens is 2. The van der Waals surface area contributed by atoms with E-state index in [1.807, 2.05) is 24.1 Å². The van der Waals surface area contributed by atoms with Gasteiger partial charge in [0.05, 0.1) is 18.9 Å². The number of hydrogen-bond acceptors (Lipinski definition) is 3. The molecule has 4 heteroatoms. The molecule has 3 aliphatic rings. The van der Waals surface area contributed by atoms with E-state index in [2.05, 4.69) is 43.2 Å². The van der Waals surface area contributed by atoms with Gasteiger partial charge in [0.15, 0.2) is 0 Å². The minimum Gasteiger partial charge on any atom is -0.494 e. The SMILES string of the molecule is CCCCCCOc1ccc2c(c1)CC[C@@H]1[C@@H]2CC[C@]2(C)[C@H](O)/C(=C/c3cnn(C)c3)C[C@@H]12. The van der Waals surface area contributed by atoms with Crippen molar-refractivity contribution in [1.82, 2.24) is 9.78 Å². The third kappa shape index (κ3) is 4.27. The van der Waals surface area contributed by atoms with Crippen LogP contribution in [0, 0.1) is 17.3 Å². The van der Waals surface area contributed by atoms with E-state index in [-0.39, 0.29) is 11.5 Å². The largest absolute Gasteiger partial charge is 0.494 e. The Balaban J connectivity index is 1.31. The van der Waals surface area contributed by atoms with Crippen LogP contribution in [0.25, 0.3) is 6.08 Å². The lowest BCUT2D eigenvalue weighted by Gasteiger charge is -2.49. The molecule has 178 valence electrons. The lowest BCUT2D eigenvalue weighted by Crippen LogP contribution is -2.44. The van der Waals surface area contributed by atoms with E-state index in [9.17, 15) is 5.11 Å². The van der Waals surface area contributed by atoms with Gasteiger partial charge in [-0.3, -0.25) is 4.68 Å². The first kappa shape index (κ1) is 22.7. The normalized spacial score (nSPS) is 31.8. The molecule has 0 spiro atoms. The number of ether oxygens (including phenoxy) is 1. The fraction of sp³-hybridized carbons (Fsp3) is 0.621. The zero-order valence-corrected chi connectivity index (χ0v) is 20.6. The van der Waals surface area contributed by atoms with Crippen molar-refractivity contribution in [1.29, 1.82) is 0 Å². The van der Waals surface area contributed by atoms with E-state index in [0.717, 1.165) is 43.6 Å². The summed E-state index contributed by atoms with van der Waals surface area (Å²) in [5, 5.41) is 15.7. The standard InChI is InChI=1S/C29H40N2O2/c1-4-5-6-7-14-33-23-9-11-24-21(16-23)8-10-26-25(24)12-13-29(2)27(26)17-22(28(29)32)15-20-18-30-31(3)19-20/h9,11,15-16,18-19,25-28,32H,4-8,10,12-14,17H2,1-3H3/b22-15+/t25-,26-,27+,28-,29+/m1/s1. The topological polar surface area (TPSA) is 47.3 Å². The average molecular weight is 449 g/mol. The molecular weight excluding hydrogens is 408 g/mol. The van der Waals surface area contributed by atoms with E-state index in [1.54, 1.807) is 5.56 Å². The summed E-state index contributed by atoms with van der Waals surface area (Å²) in [6, 6.07) is 6.87. The zero-order valence-electron chi connectivity index (χ0n) is 20.6. The highest BCUT2D eigenvalue weighted by Gasteiger charge is 2.56. The Labute approximate surface area is 199 Å². The highest BCUT2D eigenvalue weighted by Crippen LogP contribution is 2.62. The van der Waals surface area contributed by atoms with Crippen molar-refractivity contribution in [2.24, 2.45) is 24.3 Å². The molecule has 5 rings (SSSR count). The minimum atomic E-state index is -0.339. The second-order valence-electron chi connectivity index (χ2n) is 11.0. The van der Waals surface area contributed by atoms with Crippen molar-refractivity contribution in [3.63, 3.8) is 0 Å². The molecule has 1 aromatic heterocycles. The zero-order chi connectivity index (χ0) is 23.0. The molecule has 1 heterocycles. The Hall–Kier alpha value is -2.07. The summed E-state index contributed by atoms with van der Waals surface area (Å²) in [7, 11) is 1.95. The smallest absolute Gasteiger partial charge is 0.119 e. The molecular formula is C29H40N2O2. The summed E-state index contributed by atoms with van der Waals surface area (Å²) in [4.78, 5) is 0. The van der Waals surface area contributed by atoms with Crippen molar-refractivity contribution in [2.45, 2.75) is 83.7 Å². The summed E-state index contributed by atoms with van der Waals surface area (Å²) < 4.78 is 7.91. The quantitative estimate of drug-likeness (QED) is 0.506. The molecule has 2 fully saturated rings. The van der Waals surface area contributed by atoms with Gasteiger partial charge in [-0.2, -0.15) is 5.10 Å². The number of hydrogen-bond donors (Lipinski definition) is 1. The molecule has 33 heavy (non-hydrogen) atoms. The van der Waals surface area contributed by atoms with Crippen LogP contribution >= 0.6 is 0 Å². The molecule has 0 amide bonds. The van der Waals surface area contributed by atoms with Gasteiger partial charge in [0, 0.05) is 24.2 Å². The lowest BCUT2D eigenvalue weighted by molar-refractivity contribution is -0.0158. The van der Waals surface area contributed by atoms with Crippen LogP contribution in [0.4, 0.5) is 0 Å². The Kier molecular flexibility index (Phi) is 6.39. The van der Waals surface area contributed by atoms with E-state index in [1.165, 1.54) is 43.2 Å². The van der Waals surface area contributed by atoms with Gasteiger partial charge in [-0.05, 0) is 85.1 Å². The van der Waals surface area contributed by atoms with Crippen molar-refractivity contribution in [3.8, 4) is 5.75 Å². The molecule has 0 aliphatic heterocycles. The third-order valence-corrected chi connectivity index (χ3v) is 8.91. The van der Waals surface area contributed by atoms with Gasteiger partial charge in [-0.1, -0.05) is 45.3 Å². The number of aryl methyl sites for hydroxylation is 2. The van der Waals surface area contributed by atoms with Gasteiger partial charge in [0.25, 0.3) is 0 Å². The van der Waals surface area contributed by atoms with Crippen LogP contribution in [0.15, 0.2) is 36.2 Å². The van der Waals surface area contributed by atoms with Gasteiger partial charge in [-0.15, -0.1) is 0 Å². The first-order valence-electron chi connectivity index (χ1n) is 13.1. The number of unbranched alkanes of at least 4 members (excludes halogenated alkanes) is 3. The summed E-state index contributed by atoms with van der Waals surface area (Å²) >= 11 is 0. The van der Waals surface area contributed by atoms with E-state index in [4.69, 9.17) is 4.74 Å². The van der Waals surface area contributed by atoms with Gasteiger partial charge in [-0.25, -0.2) is 0 Å². The van der Waals surface area contributed by atoms with Gasteiger partial charge < -0.3 is 9.84 Å². The number of rotatable bonds is 7. The molecule has 4 nitrogen and oxygen atoms in total. The minimum absolute atomic E-state index is 0.00570. The summed E-state index contributed by atoms with van der Waals surface area (Å²) in [6.07, 6.45) is 16.4. The molecule has 1 aromatic carbocycles. The maximum atomic E-state index is 11.4. The molecule has 0 unspecified atom stereocenters. The van der Waals surface area contributed by atoms with Crippen LogP contribution in [0.1, 0.15) is 87.8 Å². The fourth-order valence-corrected chi connectivity index (χ4v) is 7.09. The fourth-order valence-electron chi connectivity index (χ4n) is 7.09. The monoisotopic (exact) mass is 448 g/mol. The molecule has 0 radical (unpaired) electrons. The number of aliphatic hydroxyl groups excluding tert-OH is 1. The maximum Gasteiger partial charge on any atom is 0.119 e. The number of nitrogens with zero attached hydrogens (tertiary/aromatic N) is 2. The summed E-state index contributed by atoms with van der Waals surface area (Å²) in [5.41, 5.74) is 5.34. The first-order valence-corrected chi connectivity index (χ1v) is 13.1. The number of benzene rings is 1. The van der Waals surface area contributed by atoms with Crippen molar-refractivity contribution in [2.75, 3.05) is 6.61 Å². The molecule has 0 bridgehead atoms. The molecule has 3 aliphatic carbocycles. The Bertz CT molecular complexity index is 1010. The van der Waals surface area contributed by atoms with Crippen molar-refractivity contribution in [3.05, 3.63) is 52.9 Å². The van der Waals surface area contributed by atoms with E-state index >= 15 is 0 Å². The average Bonchev–Trinajstić information content (AvgIpc) is 3.34. The summed E-state index contributed by atoms with van der Waals surface area (Å²) in [6.45, 7) is 5.42. The maximum absolute atomic E-state index is 11.4. The van der Waals surface area contributed by atoms with Crippen molar-refractivity contribution >= 4 is 6.08 Å². The predicted molar refractivity (Wildman–Crippen MR) is 133 cm³/mol. The van der Waals surface area contributed by atoms with Crippen LogP contribution in [0.2, 0.25) is 0 Å². The number of fused-ring (bicyclic) bond motifs is 5. The second kappa shape index (κ2) is 9.29. The van der Waals surface area contributed by atoms with Crippen molar-refractivity contribution < 1.29 is 9.84 Å². The highest BCUT2D eigenvalue weighted by atomic mass is 16.5. The van der Waals surface area contributed by atoms with E-state index < -0.39 is 0 Å². The van der Waals surface area contributed by atoms with Crippen LogP contribution in [0.5, 0.6) is 5.75 Å². The molecule has 5 atom stereocenters. The molecule has 0 saturated heterocycles. The molecule has 2 aromatic rings. The Morgan fingerprint density at radius 2 is 2.12 bits per heavy atom. The molecule has 2 saturated carbocycles. The van der Waals surface area contributed by atoms with Gasteiger partial charge >= 0.3 is 0 Å². The van der Waals surface area contributed by atoms with Crippen LogP contribution in [-0.2, 0) is 13.5 Å². The second-order valence-corrected chi connectivity index (χ2v) is 11.0. The summed E-state index contributed by atoms with van der Waals surface area (Å²) in [5.74, 6) is 2.88. The van der Waals surface area contributed by atoms with Crippen LogP contribution in [-0.4, -0.2) is 27.6 Å². The Morgan fingerprint density at radius 1 is 1.24 bits per heavy atom. The van der Waals surface area contributed by atoms with Gasteiger partial charge in [0.1, 0.15) is 5.75 Å². The van der Waals surface area contributed by atoms with Crippen LogP contribution < -0.4 is 4.74 Å². The third-order valence-electron chi connectivity index (χ3n) is 8.91. The lowest BCUT2D eigenvalue weighted by atomic mass is 9.55. The predicted octanol–water partition coefficient (Wildman–Crippen LogP) is 6.29. The highest BCUT2D eigenvalue weighted by molar-refractivity contribution is 5.54. The van der Waals surface area contributed by atoms with Gasteiger partial charge in [0.2, 0.25) is 0 Å². The van der Waals surface area contributed by atoms with Crippen LogP contribution in [0.3, 0.4) is 0 Å². The molecule has 1 N–H and O–H groups in total. The number of aliphatic hydroxyl groups is 1. The first-order chi connectivity index (χ1) is 16.0.